The van der Waals surface area contributed by atoms with Gasteiger partial charge in [0, 0.05) is 0 Å². The number of rotatable bonds is 3. The smallest absolute Gasteiger partial charge is 0.223 e. The molecule has 2 aromatic rings. The van der Waals surface area contributed by atoms with Crippen LogP contribution < -0.4 is 21.9 Å². The van der Waals surface area contributed by atoms with E-state index < -0.39 is 0 Å². The Balaban J connectivity index is 2.34. The highest BCUT2D eigenvalue weighted by Crippen LogP contribution is 2.32. The lowest BCUT2D eigenvalue weighted by atomic mass is 10.2. The van der Waals surface area contributed by atoms with Crippen molar-refractivity contribution in [1.82, 2.24) is 0 Å². The van der Waals surface area contributed by atoms with Crippen molar-refractivity contribution < 1.29 is 4.74 Å². The number of nitrogens with zero attached hydrogens (tertiary/aromatic N) is 2. The van der Waals surface area contributed by atoms with E-state index in [0.29, 0.717) is 11.4 Å². The summed E-state index contributed by atoms with van der Waals surface area (Å²) < 4.78 is 5.87. The van der Waals surface area contributed by atoms with E-state index >= 15 is 0 Å². The lowest BCUT2D eigenvalue weighted by molar-refractivity contribution is 0.480. The molecule has 0 unspecified atom stereocenters. The lowest BCUT2D eigenvalue weighted by Crippen LogP contribution is -2.26. The Morgan fingerprint density at radius 1 is 0.905 bits per heavy atom. The Labute approximate surface area is 123 Å². The summed E-state index contributed by atoms with van der Waals surface area (Å²) in [4.78, 5) is 7.83. The molecule has 0 aliphatic heterocycles. The molecule has 6 heteroatoms. The molecule has 0 atom stereocenters. The molecule has 21 heavy (non-hydrogen) atoms. The number of hydrogen-bond acceptors (Lipinski definition) is 2. The van der Waals surface area contributed by atoms with Crippen LogP contribution in [-0.2, 0) is 0 Å². The van der Waals surface area contributed by atoms with Gasteiger partial charge < -0.3 is 21.9 Å². The molecule has 2 rings (SSSR count). The van der Waals surface area contributed by atoms with E-state index in [2.05, 4.69) is 9.98 Å². The van der Waals surface area contributed by atoms with Gasteiger partial charge in [-0.3, -0.25) is 0 Å². The fraction of sp³-hybridized carbons (Fsp3) is 0.0667. The molecule has 108 valence electrons. The molecular weight excluding hydrogens is 266 g/mol. The molecule has 0 amide bonds. The molecule has 0 bridgehead atoms. The van der Waals surface area contributed by atoms with Gasteiger partial charge in [-0.15, -0.1) is 0 Å². The zero-order valence-corrected chi connectivity index (χ0v) is 11.7. The second-order valence-corrected chi connectivity index (χ2v) is 4.34. The molecule has 0 aliphatic rings. The van der Waals surface area contributed by atoms with Crippen LogP contribution in [0.1, 0.15) is 5.56 Å². The summed E-state index contributed by atoms with van der Waals surface area (Å²) in [5.74, 6) is 1.14. The van der Waals surface area contributed by atoms with E-state index in [-0.39, 0.29) is 11.9 Å². The first kappa shape index (κ1) is 14.4. The van der Waals surface area contributed by atoms with Crippen LogP contribution in [0.5, 0.6) is 11.5 Å². The van der Waals surface area contributed by atoms with Gasteiger partial charge in [-0.25, -0.2) is 4.99 Å². The molecule has 2 aromatic carbocycles. The summed E-state index contributed by atoms with van der Waals surface area (Å²) in [5, 5.41) is 0. The maximum atomic E-state index is 5.87. The zero-order chi connectivity index (χ0) is 15.2. The summed E-state index contributed by atoms with van der Waals surface area (Å²) in [5.41, 5.74) is 17.7. The van der Waals surface area contributed by atoms with Crippen LogP contribution in [-0.4, -0.2) is 11.9 Å². The van der Waals surface area contributed by atoms with Gasteiger partial charge in [-0.2, -0.15) is 4.99 Å². The van der Waals surface area contributed by atoms with Crippen LogP contribution in [0.4, 0.5) is 5.69 Å². The SMILES string of the molecule is Cc1ccccc1Oc1ccccc1N=C(N)N=C(N)N. The van der Waals surface area contributed by atoms with E-state index in [0.717, 1.165) is 11.3 Å². The standard InChI is InChI=1S/C15H17N5O/c1-10-6-2-4-8-12(10)21-13-9-5-3-7-11(13)19-15(18)20-14(16)17/h2-9H,1H3,(H6,16,17,18,19,20). The van der Waals surface area contributed by atoms with Crippen molar-refractivity contribution in [3.8, 4) is 11.5 Å². The molecule has 0 saturated heterocycles. The third-order valence-electron chi connectivity index (χ3n) is 2.66. The van der Waals surface area contributed by atoms with Gasteiger partial charge in [0.15, 0.2) is 11.7 Å². The molecular formula is C15H17N5O. The summed E-state index contributed by atoms with van der Waals surface area (Å²) in [7, 11) is 0. The topological polar surface area (TPSA) is 112 Å². The van der Waals surface area contributed by atoms with Crippen molar-refractivity contribution in [1.29, 1.82) is 0 Å². The van der Waals surface area contributed by atoms with E-state index in [1.807, 2.05) is 43.3 Å². The van der Waals surface area contributed by atoms with Gasteiger partial charge >= 0.3 is 0 Å². The van der Waals surface area contributed by atoms with Crippen molar-refractivity contribution >= 4 is 17.6 Å². The van der Waals surface area contributed by atoms with Gasteiger partial charge in [-0.1, -0.05) is 30.3 Å². The fourth-order valence-corrected chi connectivity index (χ4v) is 1.71. The predicted octanol–water partition coefficient (Wildman–Crippen LogP) is 2.01. The first-order valence-electron chi connectivity index (χ1n) is 6.32. The Kier molecular flexibility index (Phi) is 4.40. The monoisotopic (exact) mass is 283 g/mol. The highest BCUT2D eigenvalue weighted by Gasteiger charge is 2.06. The van der Waals surface area contributed by atoms with Gasteiger partial charge in [0.1, 0.15) is 11.4 Å². The molecule has 0 saturated carbocycles. The number of benzene rings is 2. The molecule has 6 nitrogen and oxygen atoms in total. The average Bonchev–Trinajstić information content (AvgIpc) is 2.42. The summed E-state index contributed by atoms with van der Waals surface area (Å²) in [6, 6.07) is 14.9. The molecule has 0 radical (unpaired) electrons. The summed E-state index contributed by atoms with van der Waals surface area (Å²) in [6.45, 7) is 1.97. The highest BCUT2D eigenvalue weighted by atomic mass is 16.5. The molecule has 0 heterocycles. The third-order valence-corrected chi connectivity index (χ3v) is 2.66. The maximum absolute atomic E-state index is 5.87. The quantitative estimate of drug-likeness (QED) is 0.590. The summed E-state index contributed by atoms with van der Waals surface area (Å²) >= 11 is 0. The van der Waals surface area contributed by atoms with Crippen molar-refractivity contribution in [2.45, 2.75) is 6.92 Å². The highest BCUT2D eigenvalue weighted by molar-refractivity contribution is 5.93. The van der Waals surface area contributed by atoms with Crippen LogP contribution in [0, 0.1) is 6.92 Å². The van der Waals surface area contributed by atoms with E-state index in [9.17, 15) is 0 Å². The molecule has 0 fully saturated rings. The van der Waals surface area contributed by atoms with Crippen LogP contribution in [0.25, 0.3) is 0 Å². The number of aryl methyl sites for hydroxylation is 1. The van der Waals surface area contributed by atoms with Gasteiger partial charge in [-0.05, 0) is 30.7 Å². The summed E-state index contributed by atoms with van der Waals surface area (Å²) in [6.07, 6.45) is 0. The lowest BCUT2D eigenvalue weighted by Gasteiger charge is -2.10. The minimum absolute atomic E-state index is 0.0316. The van der Waals surface area contributed by atoms with Crippen molar-refractivity contribution in [3.05, 3.63) is 54.1 Å². The number of hydrogen-bond donors (Lipinski definition) is 3. The zero-order valence-electron chi connectivity index (χ0n) is 11.7. The Morgan fingerprint density at radius 2 is 1.52 bits per heavy atom. The fourth-order valence-electron chi connectivity index (χ4n) is 1.71. The van der Waals surface area contributed by atoms with E-state index in [1.54, 1.807) is 12.1 Å². The third kappa shape index (κ3) is 3.97. The van der Waals surface area contributed by atoms with Crippen LogP contribution in [0.3, 0.4) is 0 Å². The Bertz CT molecular complexity index is 690. The second kappa shape index (κ2) is 6.42. The van der Waals surface area contributed by atoms with Crippen LogP contribution in [0.2, 0.25) is 0 Å². The second-order valence-electron chi connectivity index (χ2n) is 4.34. The normalized spacial score (nSPS) is 11.0. The van der Waals surface area contributed by atoms with E-state index in [1.165, 1.54) is 0 Å². The molecule has 0 aromatic heterocycles. The van der Waals surface area contributed by atoms with Gasteiger partial charge in [0.25, 0.3) is 0 Å². The van der Waals surface area contributed by atoms with Crippen molar-refractivity contribution in [3.63, 3.8) is 0 Å². The Morgan fingerprint density at radius 3 is 2.19 bits per heavy atom. The number of ether oxygens (including phenoxy) is 1. The number of guanidine groups is 2. The Hall–Kier alpha value is -3.02. The number of nitrogens with two attached hydrogens (primary N) is 3. The first-order chi connectivity index (χ1) is 10.1. The van der Waals surface area contributed by atoms with Gasteiger partial charge in [0.2, 0.25) is 5.96 Å². The number of aliphatic imine (C=N–C) groups is 2. The van der Waals surface area contributed by atoms with Crippen molar-refractivity contribution in [2.24, 2.45) is 27.2 Å². The average molecular weight is 283 g/mol. The minimum Gasteiger partial charge on any atom is -0.455 e. The van der Waals surface area contributed by atoms with Crippen molar-refractivity contribution in [2.75, 3.05) is 0 Å². The number of para-hydroxylation sites is 3. The predicted molar refractivity (Wildman–Crippen MR) is 84.8 cm³/mol. The van der Waals surface area contributed by atoms with E-state index in [4.69, 9.17) is 21.9 Å². The molecule has 6 N–H and O–H groups in total. The minimum atomic E-state index is -0.145. The molecule has 0 aliphatic carbocycles. The van der Waals surface area contributed by atoms with Crippen LogP contribution in [0.15, 0.2) is 58.5 Å². The maximum Gasteiger partial charge on any atom is 0.223 e. The largest absolute Gasteiger partial charge is 0.455 e. The molecule has 0 spiro atoms. The van der Waals surface area contributed by atoms with Gasteiger partial charge in [0.05, 0.1) is 0 Å². The first-order valence-corrected chi connectivity index (χ1v) is 6.32. The van der Waals surface area contributed by atoms with Crippen LogP contribution >= 0.6 is 0 Å².